The molecule has 1 fully saturated rings. The molecular formula is C14H16N4OS. The number of nitrogens with zero attached hydrogens (tertiary/aromatic N) is 2. The van der Waals surface area contributed by atoms with E-state index in [9.17, 15) is 4.79 Å². The number of thiol groups is 1. The molecule has 0 atom stereocenters. The van der Waals surface area contributed by atoms with Gasteiger partial charge in [0.2, 0.25) is 0 Å². The SMILES string of the molecule is O=C(NCCS)c1ccc(-c2n[nH]c(C3CC3)n2)cc1. The largest absolute Gasteiger partial charge is 0.351 e. The lowest BCUT2D eigenvalue weighted by atomic mass is 10.1. The van der Waals surface area contributed by atoms with Gasteiger partial charge < -0.3 is 5.32 Å². The van der Waals surface area contributed by atoms with Gasteiger partial charge in [0.1, 0.15) is 5.82 Å². The lowest BCUT2D eigenvalue weighted by molar-refractivity contribution is 0.0956. The molecule has 0 aliphatic heterocycles. The van der Waals surface area contributed by atoms with Crippen LogP contribution in [0.1, 0.15) is 34.9 Å². The number of rotatable bonds is 5. The van der Waals surface area contributed by atoms with Gasteiger partial charge in [-0.15, -0.1) is 0 Å². The minimum Gasteiger partial charge on any atom is -0.351 e. The minimum absolute atomic E-state index is 0.0840. The average Bonchev–Trinajstić information content (AvgIpc) is 3.22. The van der Waals surface area contributed by atoms with Gasteiger partial charge in [0, 0.05) is 29.3 Å². The number of nitrogens with one attached hydrogen (secondary N) is 2. The average molecular weight is 288 g/mol. The molecule has 1 amide bonds. The van der Waals surface area contributed by atoms with Crippen molar-refractivity contribution in [1.82, 2.24) is 20.5 Å². The van der Waals surface area contributed by atoms with Crippen LogP contribution >= 0.6 is 12.6 Å². The van der Waals surface area contributed by atoms with Crippen LogP contribution in [0.5, 0.6) is 0 Å². The topological polar surface area (TPSA) is 70.7 Å². The van der Waals surface area contributed by atoms with Crippen molar-refractivity contribution in [3.05, 3.63) is 35.7 Å². The van der Waals surface area contributed by atoms with E-state index in [2.05, 4.69) is 33.1 Å². The molecule has 1 aromatic carbocycles. The number of aromatic nitrogens is 3. The Labute approximate surface area is 122 Å². The van der Waals surface area contributed by atoms with E-state index in [-0.39, 0.29) is 5.91 Å². The standard InChI is InChI=1S/C14H16N4OS/c19-14(15-7-8-20)11-5-3-10(4-6-11)13-16-12(17-18-13)9-1-2-9/h3-6,9,20H,1-2,7-8H2,(H,15,19)(H,16,17,18). The van der Waals surface area contributed by atoms with Gasteiger partial charge in [0.25, 0.3) is 5.91 Å². The maximum Gasteiger partial charge on any atom is 0.251 e. The van der Waals surface area contributed by atoms with Gasteiger partial charge in [0.15, 0.2) is 5.82 Å². The predicted octanol–water partition coefficient (Wildman–Crippen LogP) is 2.01. The Morgan fingerprint density at radius 3 is 2.75 bits per heavy atom. The molecule has 1 aliphatic carbocycles. The van der Waals surface area contributed by atoms with Crippen molar-refractivity contribution in [2.45, 2.75) is 18.8 Å². The molecule has 104 valence electrons. The van der Waals surface area contributed by atoms with E-state index in [1.807, 2.05) is 12.1 Å². The molecule has 1 aromatic heterocycles. The highest BCUT2D eigenvalue weighted by atomic mass is 32.1. The number of hydrogen-bond acceptors (Lipinski definition) is 4. The molecule has 20 heavy (non-hydrogen) atoms. The third kappa shape index (κ3) is 2.85. The molecule has 0 unspecified atom stereocenters. The Hall–Kier alpha value is -1.82. The molecule has 0 spiro atoms. The van der Waals surface area contributed by atoms with E-state index in [0.29, 0.717) is 29.6 Å². The second kappa shape index (κ2) is 5.66. The Bertz CT molecular complexity index is 604. The van der Waals surface area contributed by atoms with Crippen molar-refractivity contribution in [3.63, 3.8) is 0 Å². The number of H-pyrrole nitrogens is 1. The van der Waals surface area contributed by atoms with E-state index >= 15 is 0 Å². The van der Waals surface area contributed by atoms with Crippen molar-refractivity contribution in [2.75, 3.05) is 12.3 Å². The maximum absolute atomic E-state index is 11.8. The van der Waals surface area contributed by atoms with Crippen LogP contribution in [-0.4, -0.2) is 33.4 Å². The summed E-state index contributed by atoms with van der Waals surface area (Å²) in [5, 5.41) is 9.99. The summed E-state index contributed by atoms with van der Waals surface area (Å²) >= 11 is 4.06. The normalized spacial score (nSPS) is 14.2. The third-order valence-electron chi connectivity index (χ3n) is 3.27. The van der Waals surface area contributed by atoms with Crippen LogP contribution in [-0.2, 0) is 0 Å². The molecule has 1 saturated carbocycles. The molecule has 0 radical (unpaired) electrons. The number of carbonyl (C=O) groups excluding carboxylic acids is 1. The lowest BCUT2D eigenvalue weighted by Crippen LogP contribution is -2.25. The fourth-order valence-corrected chi connectivity index (χ4v) is 2.10. The van der Waals surface area contributed by atoms with Gasteiger partial charge in [-0.05, 0) is 25.0 Å². The number of carbonyl (C=O) groups is 1. The van der Waals surface area contributed by atoms with E-state index in [4.69, 9.17) is 0 Å². The second-order valence-electron chi connectivity index (χ2n) is 4.88. The zero-order chi connectivity index (χ0) is 13.9. The zero-order valence-corrected chi connectivity index (χ0v) is 11.9. The van der Waals surface area contributed by atoms with Crippen molar-refractivity contribution in [2.24, 2.45) is 0 Å². The number of aromatic amines is 1. The summed E-state index contributed by atoms with van der Waals surface area (Å²) in [5.41, 5.74) is 1.55. The summed E-state index contributed by atoms with van der Waals surface area (Å²) in [4.78, 5) is 16.3. The van der Waals surface area contributed by atoms with E-state index in [0.717, 1.165) is 11.4 Å². The predicted molar refractivity (Wildman–Crippen MR) is 80.0 cm³/mol. The van der Waals surface area contributed by atoms with Gasteiger partial charge >= 0.3 is 0 Å². The van der Waals surface area contributed by atoms with Crippen LogP contribution in [0.4, 0.5) is 0 Å². The monoisotopic (exact) mass is 288 g/mol. The fourth-order valence-electron chi connectivity index (χ4n) is 1.98. The van der Waals surface area contributed by atoms with Crippen LogP contribution in [0.25, 0.3) is 11.4 Å². The van der Waals surface area contributed by atoms with Crippen LogP contribution in [0, 0.1) is 0 Å². The van der Waals surface area contributed by atoms with Crippen LogP contribution in [0.2, 0.25) is 0 Å². The van der Waals surface area contributed by atoms with Crippen LogP contribution in [0.15, 0.2) is 24.3 Å². The highest BCUT2D eigenvalue weighted by molar-refractivity contribution is 7.80. The first-order valence-electron chi connectivity index (χ1n) is 6.69. The van der Waals surface area contributed by atoms with E-state index in [1.54, 1.807) is 12.1 Å². The zero-order valence-electron chi connectivity index (χ0n) is 11.0. The quantitative estimate of drug-likeness (QED) is 0.737. The molecule has 0 bridgehead atoms. The van der Waals surface area contributed by atoms with Gasteiger partial charge in [0.05, 0.1) is 0 Å². The molecule has 3 rings (SSSR count). The van der Waals surface area contributed by atoms with Gasteiger partial charge in [-0.2, -0.15) is 17.7 Å². The first-order valence-corrected chi connectivity index (χ1v) is 7.33. The lowest BCUT2D eigenvalue weighted by Gasteiger charge is -2.03. The molecular weight excluding hydrogens is 272 g/mol. The molecule has 6 heteroatoms. The molecule has 5 nitrogen and oxygen atoms in total. The van der Waals surface area contributed by atoms with E-state index < -0.39 is 0 Å². The molecule has 1 heterocycles. The summed E-state index contributed by atoms with van der Waals surface area (Å²) < 4.78 is 0. The Kier molecular flexibility index (Phi) is 3.73. The highest BCUT2D eigenvalue weighted by Gasteiger charge is 2.27. The van der Waals surface area contributed by atoms with Crippen molar-refractivity contribution < 1.29 is 4.79 Å². The van der Waals surface area contributed by atoms with Crippen LogP contribution in [0.3, 0.4) is 0 Å². The van der Waals surface area contributed by atoms with Crippen molar-refractivity contribution >= 4 is 18.5 Å². The number of benzene rings is 1. The first-order chi connectivity index (χ1) is 9.78. The van der Waals surface area contributed by atoms with E-state index in [1.165, 1.54) is 12.8 Å². The number of hydrogen-bond donors (Lipinski definition) is 3. The molecule has 2 N–H and O–H groups in total. The maximum atomic E-state index is 11.8. The smallest absolute Gasteiger partial charge is 0.251 e. The Morgan fingerprint density at radius 1 is 1.35 bits per heavy atom. The highest BCUT2D eigenvalue weighted by Crippen LogP contribution is 2.38. The van der Waals surface area contributed by atoms with Gasteiger partial charge in [-0.25, -0.2) is 4.98 Å². The first kappa shape index (κ1) is 13.2. The summed E-state index contributed by atoms with van der Waals surface area (Å²) in [6.45, 7) is 0.565. The van der Waals surface area contributed by atoms with Gasteiger partial charge in [-0.3, -0.25) is 9.89 Å². The van der Waals surface area contributed by atoms with Gasteiger partial charge in [-0.1, -0.05) is 12.1 Å². The molecule has 0 saturated heterocycles. The summed E-state index contributed by atoms with van der Waals surface area (Å²) in [6.07, 6.45) is 2.39. The third-order valence-corrected chi connectivity index (χ3v) is 3.49. The molecule has 2 aromatic rings. The summed E-state index contributed by atoms with van der Waals surface area (Å²) in [5.74, 6) is 2.76. The summed E-state index contributed by atoms with van der Waals surface area (Å²) in [6, 6.07) is 7.32. The Morgan fingerprint density at radius 2 is 2.10 bits per heavy atom. The minimum atomic E-state index is -0.0840. The van der Waals surface area contributed by atoms with Crippen molar-refractivity contribution in [1.29, 1.82) is 0 Å². The molecule has 1 aliphatic rings. The number of amides is 1. The summed E-state index contributed by atoms with van der Waals surface area (Å²) in [7, 11) is 0. The second-order valence-corrected chi connectivity index (χ2v) is 5.32. The fraction of sp³-hybridized carbons (Fsp3) is 0.357. The Balaban J connectivity index is 1.72. The van der Waals surface area contributed by atoms with Crippen LogP contribution < -0.4 is 5.32 Å². The van der Waals surface area contributed by atoms with Crippen molar-refractivity contribution in [3.8, 4) is 11.4 Å².